The Kier molecular flexibility index (Phi) is 3.10. The minimum absolute atomic E-state index is 0.0622. The number of nitrogens with one attached hydrogen (secondary N) is 1. The van der Waals surface area contributed by atoms with Gasteiger partial charge >= 0.3 is 0 Å². The van der Waals surface area contributed by atoms with Crippen molar-refractivity contribution < 1.29 is 0 Å². The molecule has 2 aromatic heterocycles. The lowest BCUT2D eigenvalue weighted by Gasteiger charge is -2.13. The molecule has 0 aromatic carbocycles. The maximum absolute atomic E-state index is 5.79. The molecule has 90 valence electrons. The van der Waals surface area contributed by atoms with Crippen LogP contribution in [-0.4, -0.2) is 24.7 Å². The molecule has 2 heterocycles. The Bertz CT molecular complexity index is 504. The molecular formula is C9H12ClN7. The van der Waals surface area contributed by atoms with Crippen LogP contribution in [0, 0.1) is 0 Å². The van der Waals surface area contributed by atoms with Crippen LogP contribution in [0.5, 0.6) is 0 Å². The van der Waals surface area contributed by atoms with Crippen molar-refractivity contribution in [2.75, 3.05) is 11.1 Å². The number of anilines is 2. The van der Waals surface area contributed by atoms with Crippen LogP contribution < -0.4 is 11.1 Å². The second-order valence-electron chi connectivity index (χ2n) is 3.60. The van der Waals surface area contributed by atoms with Gasteiger partial charge in [0.15, 0.2) is 5.82 Å². The Balaban J connectivity index is 2.18. The molecule has 2 rings (SSSR count). The lowest BCUT2D eigenvalue weighted by atomic mass is 10.3. The van der Waals surface area contributed by atoms with Crippen LogP contribution in [0.2, 0.25) is 5.15 Å². The highest BCUT2D eigenvalue weighted by Crippen LogP contribution is 2.18. The molecule has 3 N–H and O–H groups in total. The van der Waals surface area contributed by atoms with Crippen molar-refractivity contribution in [1.82, 2.24) is 24.7 Å². The fraction of sp³-hybridized carbons (Fsp3) is 0.333. The van der Waals surface area contributed by atoms with E-state index < -0.39 is 0 Å². The minimum atomic E-state index is -0.0622. The first kappa shape index (κ1) is 11.6. The van der Waals surface area contributed by atoms with Crippen molar-refractivity contribution in [2.45, 2.75) is 13.0 Å². The third-order valence-electron chi connectivity index (χ3n) is 2.21. The van der Waals surface area contributed by atoms with Crippen molar-refractivity contribution in [2.24, 2.45) is 7.05 Å². The van der Waals surface area contributed by atoms with Gasteiger partial charge in [-0.15, -0.1) is 10.2 Å². The van der Waals surface area contributed by atoms with E-state index >= 15 is 0 Å². The Morgan fingerprint density at radius 2 is 2.24 bits per heavy atom. The molecule has 1 atom stereocenters. The van der Waals surface area contributed by atoms with Crippen LogP contribution in [0.1, 0.15) is 18.8 Å². The zero-order chi connectivity index (χ0) is 12.4. The molecule has 0 spiro atoms. The molecule has 0 amide bonds. The third-order valence-corrected chi connectivity index (χ3v) is 2.40. The summed E-state index contributed by atoms with van der Waals surface area (Å²) >= 11 is 5.79. The molecule has 1 unspecified atom stereocenters. The Labute approximate surface area is 103 Å². The average Bonchev–Trinajstić information content (AvgIpc) is 2.62. The Morgan fingerprint density at radius 3 is 2.82 bits per heavy atom. The zero-order valence-corrected chi connectivity index (χ0v) is 10.2. The van der Waals surface area contributed by atoms with Crippen molar-refractivity contribution in [3.63, 3.8) is 0 Å². The highest BCUT2D eigenvalue weighted by molar-refractivity contribution is 6.29. The molecule has 8 heteroatoms. The molecule has 0 saturated heterocycles. The molecular weight excluding hydrogens is 242 g/mol. The normalized spacial score (nSPS) is 12.4. The zero-order valence-electron chi connectivity index (χ0n) is 9.42. The topological polar surface area (TPSA) is 94.5 Å². The van der Waals surface area contributed by atoms with Gasteiger partial charge in [0.25, 0.3) is 0 Å². The smallest absolute Gasteiger partial charge is 0.223 e. The van der Waals surface area contributed by atoms with E-state index in [1.807, 2.05) is 18.5 Å². The summed E-state index contributed by atoms with van der Waals surface area (Å²) in [5.74, 6) is 1.47. The lowest BCUT2D eigenvalue weighted by Crippen LogP contribution is -2.13. The standard InChI is InChI=1S/C9H12ClN7/c1-5(8-16-12-4-17(8)2)13-7-3-6(10)14-9(11)15-7/h3-5H,1-2H3,(H3,11,13,14,15). The molecule has 0 aliphatic rings. The fourth-order valence-corrected chi connectivity index (χ4v) is 1.67. The van der Waals surface area contributed by atoms with Gasteiger partial charge in [0.1, 0.15) is 17.3 Å². The van der Waals surface area contributed by atoms with E-state index in [1.54, 1.807) is 12.4 Å². The lowest BCUT2D eigenvalue weighted by molar-refractivity contribution is 0.716. The van der Waals surface area contributed by atoms with Gasteiger partial charge in [-0.2, -0.15) is 4.98 Å². The summed E-state index contributed by atoms with van der Waals surface area (Å²) in [6.45, 7) is 1.94. The fourth-order valence-electron chi connectivity index (χ4n) is 1.48. The van der Waals surface area contributed by atoms with Gasteiger partial charge in [-0.3, -0.25) is 0 Å². The van der Waals surface area contributed by atoms with Crippen molar-refractivity contribution in [3.8, 4) is 0 Å². The predicted octanol–water partition coefficient (Wildman–Crippen LogP) is 1.01. The van der Waals surface area contributed by atoms with E-state index in [0.717, 1.165) is 5.82 Å². The number of nitrogens with zero attached hydrogens (tertiary/aromatic N) is 5. The Morgan fingerprint density at radius 1 is 1.47 bits per heavy atom. The summed E-state index contributed by atoms with van der Waals surface area (Å²) < 4.78 is 1.82. The number of rotatable bonds is 3. The number of aromatic nitrogens is 5. The number of halogens is 1. The van der Waals surface area contributed by atoms with Crippen LogP contribution in [0.15, 0.2) is 12.4 Å². The van der Waals surface area contributed by atoms with Crippen molar-refractivity contribution in [3.05, 3.63) is 23.4 Å². The van der Waals surface area contributed by atoms with Crippen molar-refractivity contribution in [1.29, 1.82) is 0 Å². The largest absolute Gasteiger partial charge is 0.368 e. The molecule has 17 heavy (non-hydrogen) atoms. The number of aryl methyl sites for hydroxylation is 1. The number of nitrogen functional groups attached to an aromatic ring is 1. The van der Waals surface area contributed by atoms with Gasteiger partial charge < -0.3 is 15.6 Å². The molecule has 0 bridgehead atoms. The second-order valence-corrected chi connectivity index (χ2v) is 3.99. The summed E-state index contributed by atoms with van der Waals surface area (Å²) in [5.41, 5.74) is 5.50. The average molecular weight is 254 g/mol. The van der Waals surface area contributed by atoms with E-state index in [0.29, 0.717) is 11.0 Å². The first-order chi connectivity index (χ1) is 8.06. The van der Waals surface area contributed by atoms with E-state index in [-0.39, 0.29) is 12.0 Å². The quantitative estimate of drug-likeness (QED) is 0.793. The number of hydrogen-bond acceptors (Lipinski definition) is 6. The summed E-state index contributed by atoms with van der Waals surface area (Å²) in [6.07, 6.45) is 1.63. The van der Waals surface area contributed by atoms with Crippen LogP contribution >= 0.6 is 11.6 Å². The SMILES string of the molecule is CC(Nc1cc(Cl)nc(N)n1)c1nncn1C. The minimum Gasteiger partial charge on any atom is -0.368 e. The van der Waals surface area contributed by atoms with E-state index in [9.17, 15) is 0 Å². The number of nitrogens with two attached hydrogens (primary N) is 1. The van der Waals surface area contributed by atoms with E-state index in [1.165, 1.54) is 0 Å². The maximum atomic E-state index is 5.79. The van der Waals surface area contributed by atoms with Gasteiger partial charge in [0, 0.05) is 13.1 Å². The highest BCUT2D eigenvalue weighted by atomic mass is 35.5. The van der Waals surface area contributed by atoms with Crippen LogP contribution in [0.4, 0.5) is 11.8 Å². The van der Waals surface area contributed by atoms with Crippen LogP contribution in [0.3, 0.4) is 0 Å². The first-order valence-electron chi connectivity index (χ1n) is 4.96. The Hall–Kier alpha value is -1.89. The third kappa shape index (κ3) is 2.62. The van der Waals surface area contributed by atoms with Crippen molar-refractivity contribution >= 4 is 23.4 Å². The molecule has 2 aromatic rings. The van der Waals surface area contributed by atoms with E-state index in [2.05, 4.69) is 25.5 Å². The first-order valence-corrected chi connectivity index (χ1v) is 5.34. The van der Waals surface area contributed by atoms with Gasteiger partial charge in [-0.25, -0.2) is 4.98 Å². The van der Waals surface area contributed by atoms with E-state index in [4.69, 9.17) is 17.3 Å². The number of hydrogen-bond donors (Lipinski definition) is 2. The molecule has 7 nitrogen and oxygen atoms in total. The summed E-state index contributed by atoms with van der Waals surface area (Å²) in [4.78, 5) is 7.81. The van der Waals surface area contributed by atoms with Gasteiger partial charge in [-0.05, 0) is 6.92 Å². The van der Waals surface area contributed by atoms with Gasteiger partial charge in [-0.1, -0.05) is 11.6 Å². The van der Waals surface area contributed by atoms with Crippen LogP contribution in [0.25, 0.3) is 0 Å². The molecule has 0 radical (unpaired) electrons. The summed E-state index contributed by atoms with van der Waals surface area (Å²) in [6, 6.07) is 1.54. The molecule has 0 aliphatic heterocycles. The van der Waals surface area contributed by atoms with Crippen LogP contribution in [-0.2, 0) is 7.05 Å². The second kappa shape index (κ2) is 4.54. The van der Waals surface area contributed by atoms with Gasteiger partial charge in [0.2, 0.25) is 5.95 Å². The molecule has 0 aliphatic carbocycles. The monoisotopic (exact) mass is 253 g/mol. The highest BCUT2D eigenvalue weighted by Gasteiger charge is 2.12. The predicted molar refractivity (Wildman–Crippen MR) is 64.5 cm³/mol. The summed E-state index contributed by atoms with van der Waals surface area (Å²) in [7, 11) is 1.87. The molecule has 0 fully saturated rings. The molecule has 0 saturated carbocycles. The summed E-state index contributed by atoms with van der Waals surface area (Å²) in [5, 5.41) is 11.2. The maximum Gasteiger partial charge on any atom is 0.223 e. The van der Waals surface area contributed by atoms with Gasteiger partial charge in [0.05, 0.1) is 6.04 Å².